The van der Waals surface area contributed by atoms with Gasteiger partial charge < -0.3 is 20.7 Å². The van der Waals surface area contributed by atoms with E-state index in [1.807, 2.05) is 6.07 Å². The van der Waals surface area contributed by atoms with Gasteiger partial charge in [0.15, 0.2) is 5.60 Å². The second-order valence-electron chi connectivity index (χ2n) is 7.48. The maximum atomic E-state index is 11.9. The maximum Gasteiger partial charge on any atom is 0.338 e. The highest BCUT2D eigenvalue weighted by Crippen LogP contribution is 2.29. The molecule has 0 saturated heterocycles. The Bertz CT molecular complexity index is 898. The molecule has 3 rings (SSSR count). The number of rotatable bonds is 7. The number of aliphatic hydroxyl groups is 1. The topological polar surface area (TPSA) is 129 Å². The first kappa shape index (κ1) is 26.7. The van der Waals surface area contributed by atoms with Crippen molar-refractivity contribution in [3.63, 3.8) is 0 Å². The molecule has 0 radical (unpaired) electrons. The van der Waals surface area contributed by atoms with Crippen LogP contribution in [0.3, 0.4) is 0 Å². The van der Waals surface area contributed by atoms with E-state index < -0.39 is 17.6 Å². The van der Waals surface area contributed by atoms with Crippen LogP contribution in [0.1, 0.15) is 55.0 Å². The van der Waals surface area contributed by atoms with Crippen LogP contribution >= 0.6 is 24.8 Å². The smallest absolute Gasteiger partial charge is 0.338 e. The summed E-state index contributed by atoms with van der Waals surface area (Å²) in [5, 5.41) is 29.6. The first-order valence-corrected chi connectivity index (χ1v) is 9.75. The summed E-state index contributed by atoms with van der Waals surface area (Å²) in [5.41, 5.74) is 5.10. The molecule has 1 aromatic carbocycles. The fraction of sp³-hybridized carbons (Fsp3) is 0.409. The van der Waals surface area contributed by atoms with E-state index in [4.69, 9.17) is 15.7 Å². The number of carboxylic acids is 1. The Morgan fingerprint density at radius 2 is 1.87 bits per heavy atom. The number of nitrogens with two attached hydrogens (primary N) is 1. The minimum Gasteiger partial charge on any atom is -0.490 e. The molecule has 31 heavy (non-hydrogen) atoms. The van der Waals surface area contributed by atoms with Crippen molar-refractivity contribution in [2.24, 2.45) is 5.73 Å². The monoisotopic (exact) mass is 467 g/mol. The van der Waals surface area contributed by atoms with Crippen LogP contribution < -0.4 is 10.5 Å². The van der Waals surface area contributed by atoms with Crippen molar-refractivity contribution in [1.29, 1.82) is 5.26 Å². The molecule has 1 aromatic heterocycles. The third kappa shape index (κ3) is 6.55. The number of aromatic nitrogens is 1. The van der Waals surface area contributed by atoms with Crippen LogP contribution in [0.15, 0.2) is 42.6 Å². The van der Waals surface area contributed by atoms with Crippen LogP contribution in [0.4, 0.5) is 0 Å². The number of hydrogen-bond donors (Lipinski definition) is 3. The number of carboxylic acid groups (broad SMARTS) is 1. The van der Waals surface area contributed by atoms with Gasteiger partial charge in [-0.2, -0.15) is 5.26 Å². The van der Waals surface area contributed by atoms with Crippen LogP contribution in [-0.2, 0) is 11.2 Å². The van der Waals surface area contributed by atoms with Crippen molar-refractivity contribution in [3.05, 3.63) is 59.4 Å². The lowest BCUT2D eigenvalue weighted by Gasteiger charge is -2.30. The number of benzene rings is 1. The molecule has 0 spiro atoms. The lowest BCUT2D eigenvalue weighted by Crippen LogP contribution is -2.50. The SMILES string of the molecule is Cl.Cl.N#Cc1ccc([C@H](N)[C@](O)(Cc2cc(OC3CCCCC3)ccn2)C(=O)O)cc1. The molecular weight excluding hydrogens is 441 g/mol. The minimum atomic E-state index is -2.26. The number of hydrogen-bond acceptors (Lipinski definition) is 6. The minimum absolute atomic E-state index is 0. The van der Waals surface area contributed by atoms with E-state index in [1.54, 1.807) is 30.5 Å². The molecule has 9 heteroatoms. The molecule has 1 fully saturated rings. The van der Waals surface area contributed by atoms with Gasteiger partial charge >= 0.3 is 5.97 Å². The molecule has 1 saturated carbocycles. The fourth-order valence-electron chi connectivity index (χ4n) is 3.64. The van der Waals surface area contributed by atoms with E-state index in [9.17, 15) is 15.0 Å². The average Bonchev–Trinajstić information content (AvgIpc) is 2.74. The lowest BCUT2D eigenvalue weighted by atomic mass is 9.85. The van der Waals surface area contributed by atoms with Crippen LogP contribution in [0.5, 0.6) is 5.75 Å². The van der Waals surface area contributed by atoms with Crippen molar-refractivity contribution < 1.29 is 19.7 Å². The van der Waals surface area contributed by atoms with Gasteiger partial charge in [-0.3, -0.25) is 4.98 Å². The normalized spacial score (nSPS) is 16.5. The number of carbonyl (C=O) groups is 1. The second kappa shape index (κ2) is 11.9. The molecule has 7 nitrogen and oxygen atoms in total. The fourth-order valence-corrected chi connectivity index (χ4v) is 3.64. The van der Waals surface area contributed by atoms with Gasteiger partial charge in [0, 0.05) is 24.4 Å². The Morgan fingerprint density at radius 1 is 1.23 bits per heavy atom. The highest BCUT2D eigenvalue weighted by molar-refractivity contribution is 5.85. The van der Waals surface area contributed by atoms with Crippen molar-refractivity contribution in [1.82, 2.24) is 4.98 Å². The van der Waals surface area contributed by atoms with Crippen molar-refractivity contribution in [2.45, 2.75) is 56.3 Å². The number of pyridine rings is 1. The quantitative estimate of drug-likeness (QED) is 0.567. The number of ether oxygens (including phenoxy) is 1. The molecule has 0 aliphatic heterocycles. The predicted octanol–water partition coefficient (Wildman–Crippen LogP) is 3.57. The molecule has 2 atom stereocenters. The maximum absolute atomic E-state index is 11.9. The summed E-state index contributed by atoms with van der Waals surface area (Å²) in [4.78, 5) is 16.1. The number of aliphatic carboxylic acids is 1. The second-order valence-corrected chi connectivity index (χ2v) is 7.48. The summed E-state index contributed by atoms with van der Waals surface area (Å²) >= 11 is 0. The molecule has 0 unspecified atom stereocenters. The highest BCUT2D eigenvalue weighted by atomic mass is 35.5. The summed E-state index contributed by atoms with van der Waals surface area (Å²) in [5.74, 6) is -0.823. The van der Waals surface area contributed by atoms with E-state index in [2.05, 4.69) is 4.98 Å². The molecule has 1 heterocycles. The van der Waals surface area contributed by atoms with Gasteiger partial charge in [-0.15, -0.1) is 24.8 Å². The van der Waals surface area contributed by atoms with E-state index in [1.165, 1.54) is 18.6 Å². The zero-order chi connectivity index (χ0) is 20.9. The van der Waals surface area contributed by atoms with Crippen molar-refractivity contribution >= 4 is 30.8 Å². The molecular formula is C22H27Cl2N3O4. The number of nitriles is 1. The third-order valence-corrected chi connectivity index (χ3v) is 5.38. The van der Waals surface area contributed by atoms with Gasteiger partial charge in [-0.1, -0.05) is 18.6 Å². The van der Waals surface area contributed by atoms with Gasteiger partial charge in [0.2, 0.25) is 0 Å². The van der Waals surface area contributed by atoms with Crippen LogP contribution in [-0.4, -0.2) is 32.9 Å². The predicted molar refractivity (Wildman–Crippen MR) is 121 cm³/mol. The molecule has 4 N–H and O–H groups in total. The number of nitrogens with zero attached hydrogens (tertiary/aromatic N) is 2. The van der Waals surface area contributed by atoms with Gasteiger partial charge in [-0.05, 0) is 49.4 Å². The molecule has 1 aliphatic carbocycles. The zero-order valence-electron chi connectivity index (χ0n) is 16.9. The first-order valence-electron chi connectivity index (χ1n) is 9.75. The third-order valence-electron chi connectivity index (χ3n) is 5.38. The van der Waals surface area contributed by atoms with Gasteiger partial charge in [0.25, 0.3) is 0 Å². The molecule has 0 bridgehead atoms. The summed E-state index contributed by atoms with van der Waals surface area (Å²) in [6.07, 6.45) is 6.93. The zero-order valence-corrected chi connectivity index (χ0v) is 18.6. The van der Waals surface area contributed by atoms with E-state index in [0.29, 0.717) is 22.6 Å². The van der Waals surface area contributed by atoms with Crippen molar-refractivity contribution in [3.8, 4) is 11.8 Å². The van der Waals surface area contributed by atoms with E-state index in [0.717, 1.165) is 25.7 Å². The number of halogens is 2. The summed E-state index contributed by atoms with van der Waals surface area (Å²) < 4.78 is 6.01. The standard InChI is InChI=1S/C22H25N3O4.2ClH/c23-14-15-6-8-16(9-7-15)20(24)22(28,21(26)27)13-17-12-19(10-11-25-17)29-18-4-2-1-3-5-18;;/h6-12,18,20,28H,1-5,13,24H2,(H,26,27);2*1H/t20-,22+;;/m0../s1. The Balaban J connectivity index is 0.00000240. The highest BCUT2D eigenvalue weighted by Gasteiger charge is 2.43. The van der Waals surface area contributed by atoms with Gasteiger partial charge in [-0.25, -0.2) is 4.79 Å². The lowest BCUT2D eigenvalue weighted by molar-refractivity contribution is -0.161. The Labute approximate surface area is 194 Å². The Kier molecular flexibility index (Phi) is 10.2. The Hall–Kier alpha value is -2.37. The molecule has 0 amide bonds. The largest absolute Gasteiger partial charge is 0.490 e. The summed E-state index contributed by atoms with van der Waals surface area (Å²) in [6.45, 7) is 0. The van der Waals surface area contributed by atoms with Crippen LogP contribution in [0.2, 0.25) is 0 Å². The first-order chi connectivity index (χ1) is 13.9. The molecule has 2 aromatic rings. The van der Waals surface area contributed by atoms with Gasteiger partial charge in [0.05, 0.1) is 23.8 Å². The summed E-state index contributed by atoms with van der Waals surface area (Å²) in [6, 6.07) is 10.4. The molecule has 168 valence electrons. The average molecular weight is 468 g/mol. The molecule has 1 aliphatic rings. The van der Waals surface area contributed by atoms with Crippen LogP contribution in [0, 0.1) is 11.3 Å². The Morgan fingerprint density at radius 3 is 2.45 bits per heavy atom. The van der Waals surface area contributed by atoms with Crippen molar-refractivity contribution in [2.75, 3.05) is 0 Å². The van der Waals surface area contributed by atoms with E-state index in [-0.39, 0.29) is 37.3 Å². The van der Waals surface area contributed by atoms with Gasteiger partial charge in [0.1, 0.15) is 5.75 Å². The van der Waals surface area contributed by atoms with E-state index >= 15 is 0 Å². The summed E-state index contributed by atoms with van der Waals surface area (Å²) in [7, 11) is 0. The van der Waals surface area contributed by atoms with Crippen LogP contribution in [0.25, 0.3) is 0 Å².